The number of amides is 1. The third-order valence-corrected chi connectivity index (χ3v) is 7.05. The largest absolute Gasteiger partial charge is 0.335 e. The van der Waals surface area contributed by atoms with Gasteiger partial charge in [0, 0.05) is 29.4 Å². The second kappa shape index (κ2) is 9.05. The van der Waals surface area contributed by atoms with Crippen LogP contribution in [0.4, 0.5) is 14.5 Å². The van der Waals surface area contributed by atoms with Gasteiger partial charge in [-0.15, -0.1) is 0 Å². The smallest absolute Gasteiger partial charge is 0.227 e. The summed E-state index contributed by atoms with van der Waals surface area (Å²) < 4.78 is 29.9. The van der Waals surface area contributed by atoms with E-state index in [4.69, 9.17) is 0 Å². The Morgan fingerprint density at radius 2 is 1.90 bits per heavy atom. The van der Waals surface area contributed by atoms with E-state index < -0.39 is 5.82 Å². The van der Waals surface area contributed by atoms with Gasteiger partial charge in [0.1, 0.15) is 17.2 Å². The zero-order chi connectivity index (χ0) is 26.5. The monoisotopic (exact) mass is 522 g/mol. The Bertz CT molecular complexity index is 1890. The van der Waals surface area contributed by atoms with Gasteiger partial charge < -0.3 is 10.3 Å². The first-order chi connectivity index (χ1) is 19.0. The van der Waals surface area contributed by atoms with Gasteiger partial charge in [-0.25, -0.2) is 18.7 Å². The normalized spacial score (nSPS) is 13.6. The molecule has 6 aromatic rings. The van der Waals surface area contributed by atoms with Crippen LogP contribution in [0.15, 0.2) is 61.2 Å². The lowest BCUT2D eigenvalue weighted by Crippen LogP contribution is -2.28. The van der Waals surface area contributed by atoms with Crippen LogP contribution >= 0.6 is 0 Å². The summed E-state index contributed by atoms with van der Waals surface area (Å²) >= 11 is 0. The number of aromatic amines is 2. The van der Waals surface area contributed by atoms with Gasteiger partial charge in [0.2, 0.25) is 5.91 Å². The molecule has 1 aromatic carbocycles. The molecule has 0 aliphatic heterocycles. The van der Waals surface area contributed by atoms with Gasteiger partial charge in [-0.05, 0) is 42.7 Å². The summed E-state index contributed by atoms with van der Waals surface area (Å²) in [4.78, 5) is 32.9. The second-order valence-electron chi connectivity index (χ2n) is 9.51. The maximum absolute atomic E-state index is 16.0. The van der Waals surface area contributed by atoms with E-state index in [9.17, 15) is 9.18 Å². The zero-order valence-corrected chi connectivity index (χ0v) is 20.4. The van der Waals surface area contributed by atoms with Gasteiger partial charge >= 0.3 is 0 Å². The number of fused-ring (bicyclic) bond motifs is 2. The quantitative estimate of drug-likeness (QED) is 0.269. The number of imidazole rings is 1. The number of hydrogen-bond acceptors (Lipinski definition) is 6. The topological polar surface area (TPSA) is 125 Å². The fourth-order valence-corrected chi connectivity index (χ4v) is 4.82. The predicted molar refractivity (Wildman–Crippen MR) is 141 cm³/mol. The van der Waals surface area contributed by atoms with E-state index in [0.717, 1.165) is 19.3 Å². The van der Waals surface area contributed by atoms with Crippen LogP contribution in [0.1, 0.15) is 19.3 Å². The molecule has 1 aliphatic rings. The molecular weight excluding hydrogens is 502 g/mol. The van der Waals surface area contributed by atoms with Crippen molar-refractivity contribution in [3.8, 4) is 33.9 Å². The standard InChI is InChI=1S/C28H20F2N8O/c29-17-6-2-5-15(9-17)19-7-8-32-26-24(19)35-27(36-26)25-21-20(37-38-25)13-33-23(22(21)30)16-10-18(12-31-11-16)34-28(39)14-3-1-4-14/h2,5-14H,1,3-4H2,(H,34,39)(H,37,38)(H,32,35,36). The Morgan fingerprint density at radius 1 is 1.00 bits per heavy atom. The number of carbonyl (C=O) groups excluding carboxylic acids is 1. The van der Waals surface area contributed by atoms with Crippen molar-refractivity contribution < 1.29 is 13.6 Å². The Labute approximate surface area is 219 Å². The Kier molecular flexibility index (Phi) is 5.36. The molecule has 1 fully saturated rings. The molecule has 5 aromatic heterocycles. The zero-order valence-electron chi connectivity index (χ0n) is 20.4. The maximum atomic E-state index is 16.0. The first-order valence-corrected chi connectivity index (χ1v) is 12.4. The molecule has 3 N–H and O–H groups in total. The van der Waals surface area contributed by atoms with Crippen LogP contribution < -0.4 is 5.32 Å². The van der Waals surface area contributed by atoms with Crippen molar-refractivity contribution in [2.24, 2.45) is 5.92 Å². The van der Waals surface area contributed by atoms with Crippen molar-refractivity contribution in [3.05, 3.63) is 72.8 Å². The third kappa shape index (κ3) is 3.99. The highest BCUT2D eigenvalue weighted by atomic mass is 19.1. The summed E-state index contributed by atoms with van der Waals surface area (Å²) in [6.07, 6.45) is 8.88. The van der Waals surface area contributed by atoms with Crippen molar-refractivity contribution in [2.75, 3.05) is 5.32 Å². The summed E-state index contributed by atoms with van der Waals surface area (Å²) in [7, 11) is 0. The molecule has 0 unspecified atom stereocenters. The minimum Gasteiger partial charge on any atom is -0.335 e. The van der Waals surface area contributed by atoms with Crippen LogP contribution in [-0.2, 0) is 4.79 Å². The lowest BCUT2D eigenvalue weighted by atomic mass is 9.85. The molecule has 39 heavy (non-hydrogen) atoms. The minimum atomic E-state index is -0.612. The van der Waals surface area contributed by atoms with E-state index in [0.29, 0.717) is 44.9 Å². The lowest BCUT2D eigenvalue weighted by Gasteiger charge is -2.24. The van der Waals surface area contributed by atoms with Crippen LogP contribution in [0.2, 0.25) is 0 Å². The van der Waals surface area contributed by atoms with E-state index in [2.05, 4.69) is 40.4 Å². The van der Waals surface area contributed by atoms with Crippen LogP contribution in [0, 0.1) is 17.6 Å². The van der Waals surface area contributed by atoms with Crippen LogP contribution in [-0.4, -0.2) is 41.0 Å². The molecule has 1 amide bonds. The molecule has 7 rings (SSSR count). The number of nitrogens with one attached hydrogen (secondary N) is 3. The van der Waals surface area contributed by atoms with Gasteiger partial charge in [-0.1, -0.05) is 18.6 Å². The highest BCUT2D eigenvalue weighted by Crippen LogP contribution is 2.35. The summed E-state index contributed by atoms with van der Waals surface area (Å²) in [6, 6.07) is 9.62. The van der Waals surface area contributed by atoms with E-state index in [1.165, 1.54) is 30.7 Å². The number of nitrogens with zero attached hydrogens (tertiary/aromatic N) is 5. The van der Waals surface area contributed by atoms with E-state index >= 15 is 4.39 Å². The van der Waals surface area contributed by atoms with Gasteiger partial charge in [0.05, 0.1) is 34.5 Å². The average Bonchev–Trinajstić information content (AvgIpc) is 3.52. The number of benzene rings is 1. The van der Waals surface area contributed by atoms with Crippen LogP contribution in [0.5, 0.6) is 0 Å². The number of aromatic nitrogens is 7. The molecule has 192 valence electrons. The van der Waals surface area contributed by atoms with Gasteiger partial charge in [-0.2, -0.15) is 5.10 Å². The highest BCUT2D eigenvalue weighted by Gasteiger charge is 2.26. The Hall–Kier alpha value is -5.06. The van der Waals surface area contributed by atoms with Crippen LogP contribution in [0.25, 0.3) is 56.0 Å². The molecule has 11 heteroatoms. The SMILES string of the molecule is O=C(Nc1cncc(-c2ncc3[nH]nc(-c4nc5nccc(-c6cccc(F)c6)c5[nH]4)c3c2F)c1)C1CCC1. The number of pyridine rings is 3. The van der Waals surface area contributed by atoms with Crippen molar-refractivity contribution in [3.63, 3.8) is 0 Å². The lowest BCUT2D eigenvalue weighted by molar-refractivity contribution is -0.122. The molecule has 0 bridgehead atoms. The molecule has 0 saturated heterocycles. The molecular formula is C28H20F2N8O. The highest BCUT2D eigenvalue weighted by molar-refractivity contribution is 5.97. The fraction of sp³-hybridized carbons (Fsp3) is 0.143. The Morgan fingerprint density at radius 3 is 2.72 bits per heavy atom. The predicted octanol–water partition coefficient (Wildman–Crippen LogP) is 5.64. The number of carbonyl (C=O) groups is 1. The Balaban J connectivity index is 1.30. The number of hydrogen-bond donors (Lipinski definition) is 3. The van der Waals surface area contributed by atoms with E-state index in [1.54, 1.807) is 30.5 Å². The number of anilines is 1. The third-order valence-electron chi connectivity index (χ3n) is 7.05. The molecule has 1 aliphatic carbocycles. The molecule has 1 saturated carbocycles. The first-order valence-electron chi connectivity index (χ1n) is 12.4. The number of rotatable bonds is 5. The van der Waals surface area contributed by atoms with Gasteiger partial charge in [-0.3, -0.25) is 19.9 Å². The van der Waals surface area contributed by atoms with Crippen molar-refractivity contribution >= 4 is 33.7 Å². The number of H-pyrrole nitrogens is 2. The summed E-state index contributed by atoms with van der Waals surface area (Å²) in [5, 5.41) is 10.2. The van der Waals surface area contributed by atoms with Gasteiger partial charge in [0.15, 0.2) is 17.3 Å². The fourth-order valence-electron chi connectivity index (χ4n) is 4.82. The van der Waals surface area contributed by atoms with E-state index in [-0.39, 0.29) is 34.4 Å². The van der Waals surface area contributed by atoms with E-state index in [1.807, 2.05) is 0 Å². The number of halogens is 2. The second-order valence-corrected chi connectivity index (χ2v) is 9.51. The first kappa shape index (κ1) is 23.1. The van der Waals surface area contributed by atoms with Crippen molar-refractivity contribution in [1.82, 2.24) is 35.1 Å². The summed E-state index contributed by atoms with van der Waals surface area (Å²) in [5.74, 6) is -0.730. The molecule has 0 atom stereocenters. The molecule has 5 heterocycles. The summed E-state index contributed by atoms with van der Waals surface area (Å²) in [5.41, 5.74) is 3.89. The van der Waals surface area contributed by atoms with Gasteiger partial charge in [0.25, 0.3) is 0 Å². The molecule has 0 radical (unpaired) electrons. The molecule has 0 spiro atoms. The van der Waals surface area contributed by atoms with Crippen LogP contribution in [0.3, 0.4) is 0 Å². The molecule has 9 nitrogen and oxygen atoms in total. The van der Waals surface area contributed by atoms with Crippen molar-refractivity contribution in [2.45, 2.75) is 19.3 Å². The van der Waals surface area contributed by atoms with Crippen molar-refractivity contribution in [1.29, 1.82) is 0 Å². The average molecular weight is 523 g/mol. The minimum absolute atomic E-state index is 0.00749. The maximum Gasteiger partial charge on any atom is 0.227 e. The summed E-state index contributed by atoms with van der Waals surface area (Å²) in [6.45, 7) is 0.